The fraction of sp³-hybridized carbons (Fsp3) is 0.389. The first-order valence-electron chi connectivity index (χ1n) is 7.54. The topological polar surface area (TPSA) is 54.0 Å². The zero-order valence-corrected chi connectivity index (χ0v) is 16.0. The highest BCUT2D eigenvalue weighted by Gasteiger charge is 2.19. The highest BCUT2D eigenvalue weighted by molar-refractivity contribution is 9.10. The van der Waals surface area contributed by atoms with Crippen LogP contribution < -0.4 is 14.2 Å². The Kier molecular flexibility index (Phi) is 5.94. The number of methoxy groups -OCH3 is 2. The summed E-state index contributed by atoms with van der Waals surface area (Å²) in [6.07, 6.45) is -0.0275. The van der Waals surface area contributed by atoms with Crippen molar-refractivity contribution in [2.75, 3.05) is 14.2 Å². The molecule has 2 rings (SSSR count). The maximum Gasteiger partial charge on any atom is 0.302 e. The maximum atomic E-state index is 11.1. The number of hydrogen-bond acceptors (Lipinski definition) is 5. The summed E-state index contributed by atoms with van der Waals surface area (Å²) >= 11 is 3.58. The quantitative estimate of drug-likeness (QED) is 0.674. The first kappa shape index (κ1) is 18.4. The third-order valence-electron chi connectivity index (χ3n) is 3.38. The fourth-order valence-electron chi connectivity index (χ4n) is 2.38. The maximum absolute atomic E-state index is 11.1. The number of fused-ring (bicyclic) bond motifs is 1. The lowest BCUT2D eigenvalue weighted by atomic mass is 10.0. The highest BCUT2D eigenvalue weighted by Crippen LogP contribution is 2.44. The van der Waals surface area contributed by atoms with Crippen molar-refractivity contribution < 1.29 is 23.7 Å². The van der Waals surface area contributed by atoms with Crippen LogP contribution in [0.15, 0.2) is 22.7 Å². The van der Waals surface area contributed by atoms with Crippen molar-refractivity contribution >= 4 is 32.7 Å². The summed E-state index contributed by atoms with van der Waals surface area (Å²) in [6, 6.07) is 5.64. The summed E-state index contributed by atoms with van der Waals surface area (Å²) in [7, 11) is 3.21. The molecule has 0 unspecified atom stereocenters. The van der Waals surface area contributed by atoms with Gasteiger partial charge in [-0.1, -0.05) is 0 Å². The Morgan fingerprint density at radius 3 is 2.42 bits per heavy atom. The summed E-state index contributed by atoms with van der Waals surface area (Å²) in [5.41, 5.74) is 0.809. The van der Waals surface area contributed by atoms with Crippen molar-refractivity contribution in [3.8, 4) is 17.2 Å². The SMILES string of the molecule is COc1cc(OC)c2c(OC(C)C)c(Br)c(COC(C)=O)cc2c1. The molecule has 0 N–H and O–H groups in total. The molecule has 0 fully saturated rings. The highest BCUT2D eigenvalue weighted by atomic mass is 79.9. The molecule has 6 heteroatoms. The van der Waals surface area contributed by atoms with Crippen LogP contribution in [0.3, 0.4) is 0 Å². The van der Waals surface area contributed by atoms with Crippen LogP contribution in [0.1, 0.15) is 26.3 Å². The number of carbonyl (C=O) groups is 1. The van der Waals surface area contributed by atoms with Crippen LogP contribution in [0.4, 0.5) is 0 Å². The third-order valence-corrected chi connectivity index (χ3v) is 4.25. The zero-order chi connectivity index (χ0) is 17.9. The lowest BCUT2D eigenvalue weighted by Gasteiger charge is -2.19. The van der Waals surface area contributed by atoms with Gasteiger partial charge in [0, 0.05) is 18.6 Å². The summed E-state index contributed by atoms with van der Waals surface area (Å²) in [4.78, 5) is 11.1. The summed E-state index contributed by atoms with van der Waals surface area (Å²) in [5.74, 6) is 1.65. The molecule has 0 heterocycles. The number of ether oxygens (including phenoxy) is 4. The van der Waals surface area contributed by atoms with Crippen LogP contribution in [0, 0.1) is 0 Å². The van der Waals surface area contributed by atoms with Crippen molar-refractivity contribution in [3.63, 3.8) is 0 Å². The average molecular weight is 397 g/mol. The van der Waals surface area contributed by atoms with Gasteiger partial charge in [-0.15, -0.1) is 0 Å². The van der Waals surface area contributed by atoms with Crippen LogP contribution in [-0.2, 0) is 16.1 Å². The number of hydrogen-bond donors (Lipinski definition) is 0. The first-order chi connectivity index (χ1) is 11.4. The molecule has 0 saturated heterocycles. The number of carbonyl (C=O) groups excluding carboxylic acids is 1. The molecular formula is C18H21BrO5. The number of esters is 1. The van der Waals surface area contributed by atoms with Gasteiger partial charge >= 0.3 is 5.97 Å². The molecule has 2 aromatic carbocycles. The van der Waals surface area contributed by atoms with Crippen LogP contribution in [0.5, 0.6) is 17.2 Å². The van der Waals surface area contributed by atoms with E-state index in [-0.39, 0.29) is 18.7 Å². The summed E-state index contributed by atoms with van der Waals surface area (Å²) < 4.78 is 22.8. The van der Waals surface area contributed by atoms with Crippen molar-refractivity contribution in [3.05, 3.63) is 28.2 Å². The van der Waals surface area contributed by atoms with Crippen LogP contribution >= 0.6 is 15.9 Å². The molecule has 0 spiro atoms. The Morgan fingerprint density at radius 2 is 1.88 bits per heavy atom. The van der Waals surface area contributed by atoms with Gasteiger partial charge in [-0.25, -0.2) is 0 Å². The van der Waals surface area contributed by atoms with Crippen LogP contribution in [0.2, 0.25) is 0 Å². The van der Waals surface area contributed by atoms with Gasteiger partial charge in [0.05, 0.1) is 30.2 Å². The molecule has 0 aliphatic heterocycles. The Labute approximate surface area is 150 Å². The average Bonchev–Trinajstić information content (AvgIpc) is 2.54. The lowest BCUT2D eigenvalue weighted by molar-refractivity contribution is -0.142. The number of halogens is 1. The van der Waals surface area contributed by atoms with E-state index >= 15 is 0 Å². The van der Waals surface area contributed by atoms with Gasteiger partial charge in [0.25, 0.3) is 0 Å². The molecule has 0 bridgehead atoms. The predicted octanol–water partition coefficient (Wildman–Crippen LogP) is 4.47. The molecule has 0 aliphatic carbocycles. The second-order valence-electron chi connectivity index (χ2n) is 5.55. The Morgan fingerprint density at radius 1 is 1.17 bits per heavy atom. The van der Waals surface area contributed by atoms with Crippen molar-refractivity contribution in [1.82, 2.24) is 0 Å². The molecule has 24 heavy (non-hydrogen) atoms. The van der Waals surface area contributed by atoms with Gasteiger partial charge in [-0.2, -0.15) is 0 Å². The molecule has 5 nitrogen and oxygen atoms in total. The van der Waals surface area contributed by atoms with Gasteiger partial charge < -0.3 is 18.9 Å². The minimum absolute atomic E-state index is 0.0275. The van der Waals surface area contributed by atoms with Gasteiger partial charge in [-0.3, -0.25) is 4.79 Å². The van der Waals surface area contributed by atoms with E-state index in [9.17, 15) is 4.79 Å². The molecule has 0 saturated carbocycles. The standard InChI is InChI=1S/C18H21BrO5/c1-10(2)24-18-16-12(7-14(21-4)8-15(16)22-5)6-13(17(18)19)9-23-11(3)20/h6-8,10H,9H2,1-5H3. The van der Waals surface area contributed by atoms with Crippen LogP contribution in [-0.4, -0.2) is 26.3 Å². The molecule has 2 aromatic rings. The molecule has 0 radical (unpaired) electrons. The molecule has 0 atom stereocenters. The monoisotopic (exact) mass is 396 g/mol. The smallest absolute Gasteiger partial charge is 0.302 e. The van der Waals surface area contributed by atoms with E-state index < -0.39 is 0 Å². The van der Waals surface area contributed by atoms with E-state index in [1.54, 1.807) is 14.2 Å². The Hall–Kier alpha value is -1.95. The van der Waals surface area contributed by atoms with E-state index in [1.165, 1.54) is 6.92 Å². The van der Waals surface area contributed by atoms with E-state index in [4.69, 9.17) is 18.9 Å². The molecule has 0 amide bonds. The van der Waals surface area contributed by atoms with Crippen molar-refractivity contribution in [2.45, 2.75) is 33.5 Å². The molecule has 0 aliphatic rings. The Balaban J connectivity index is 2.73. The van der Waals surface area contributed by atoms with E-state index in [0.29, 0.717) is 17.2 Å². The van der Waals surface area contributed by atoms with E-state index in [2.05, 4.69) is 15.9 Å². The third kappa shape index (κ3) is 3.93. The molecular weight excluding hydrogens is 376 g/mol. The fourth-order valence-corrected chi connectivity index (χ4v) is 2.90. The number of rotatable bonds is 6. The van der Waals surface area contributed by atoms with E-state index in [0.717, 1.165) is 20.8 Å². The van der Waals surface area contributed by atoms with Crippen molar-refractivity contribution in [2.24, 2.45) is 0 Å². The predicted molar refractivity (Wildman–Crippen MR) is 96.0 cm³/mol. The minimum Gasteiger partial charge on any atom is -0.497 e. The minimum atomic E-state index is -0.337. The summed E-state index contributed by atoms with van der Waals surface area (Å²) in [5, 5.41) is 1.72. The molecule has 0 aromatic heterocycles. The van der Waals surface area contributed by atoms with Crippen LogP contribution in [0.25, 0.3) is 10.8 Å². The Bertz CT molecular complexity index is 755. The second kappa shape index (κ2) is 7.75. The van der Waals surface area contributed by atoms with Gasteiger partial charge in [0.15, 0.2) is 0 Å². The van der Waals surface area contributed by atoms with Gasteiger partial charge in [0.2, 0.25) is 0 Å². The normalized spacial score (nSPS) is 10.8. The van der Waals surface area contributed by atoms with E-state index in [1.807, 2.05) is 32.0 Å². The zero-order valence-electron chi connectivity index (χ0n) is 14.4. The lowest BCUT2D eigenvalue weighted by Crippen LogP contribution is -2.08. The second-order valence-corrected chi connectivity index (χ2v) is 6.35. The van der Waals surface area contributed by atoms with Gasteiger partial charge in [-0.05, 0) is 47.3 Å². The molecule has 130 valence electrons. The van der Waals surface area contributed by atoms with Gasteiger partial charge in [0.1, 0.15) is 23.9 Å². The number of benzene rings is 2. The van der Waals surface area contributed by atoms with Crippen molar-refractivity contribution in [1.29, 1.82) is 0 Å². The summed E-state index contributed by atoms with van der Waals surface area (Å²) in [6.45, 7) is 5.44. The first-order valence-corrected chi connectivity index (χ1v) is 8.33. The largest absolute Gasteiger partial charge is 0.497 e.